The Morgan fingerprint density at radius 1 is 1.23 bits per heavy atom. The van der Waals surface area contributed by atoms with Crippen LogP contribution in [0.3, 0.4) is 0 Å². The third-order valence-corrected chi connectivity index (χ3v) is 5.96. The van der Waals surface area contributed by atoms with Crippen molar-refractivity contribution in [1.29, 1.82) is 0 Å². The number of nitrogens with one attached hydrogen (secondary N) is 1. The maximum Gasteiger partial charge on any atom is 0.335 e. The van der Waals surface area contributed by atoms with Gasteiger partial charge in [-0.05, 0) is 44.4 Å². The van der Waals surface area contributed by atoms with E-state index in [4.69, 9.17) is 9.72 Å². The predicted molar refractivity (Wildman–Crippen MR) is 140 cm³/mol. The molecule has 2 aromatic rings. The average Bonchev–Trinajstić information content (AvgIpc) is 2.87. The largest absolute Gasteiger partial charge is 0.492 e. The molecule has 0 aliphatic carbocycles. The summed E-state index contributed by atoms with van der Waals surface area (Å²) < 4.78 is 5.64. The normalized spacial score (nSPS) is 15.6. The number of likely N-dealkylation sites (N-methyl/N-ethyl adjacent to an activating group) is 1. The SMILES string of the molecule is CC.CCCC(CC)N1c2nc(Nc3ccc(C(=O)O)cc3OCC)ncc2N(C)C(=O)C1CC. The summed E-state index contributed by atoms with van der Waals surface area (Å²) >= 11 is 0. The summed E-state index contributed by atoms with van der Waals surface area (Å²) in [6.45, 7) is 12.5. The molecule has 0 radical (unpaired) electrons. The number of carbonyl (C=O) groups is 2. The van der Waals surface area contributed by atoms with Gasteiger partial charge in [0.05, 0.1) is 24.1 Å². The first kappa shape index (κ1) is 27.9. The molecule has 1 aromatic heterocycles. The maximum absolute atomic E-state index is 13.1. The van der Waals surface area contributed by atoms with E-state index in [1.54, 1.807) is 24.2 Å². The van der Waals surface area contributed by atoms with Crippen LogP contribution in [0.4, 0.5) is 23.1 Å². The molecular formula is C26H39N5O4. The van der Waals surface area contributed by atoms with E-state index in [9.17, 15) is 14.7 Å². The summed E-state index contributed by atoms with van der Waals surface area (Å²) in [6.07, 6.45) is 5.21. The summed E-state index contributed by atoms with van der Waals surface area (Å²) in [5.41, 5.74) is 1.38. The fraction of sp³-hybridized carbons (Fsp3) is 0.538. The Hall–Kier alpha value is -3.36. The van der Waals surface area contributed by atoms with Gasteiger partial charge in [0.2, 0.25) is 11.9 Å². The van der Waals surface area contributed by atoms with Crippen molar-refractivity contribution in [3.8, 4) is 5.75 Å². The topological polar surface area (TPSA) is 108 Å². The molecule has 1 amide bonds. The Morgan fingerprint density at radius 3 is 2.51 bits per heavy atom. The number of hydrogen-bond donors (Lipinski definition) is 2. The van der Waals surface area contributed by atoms with E-state index in [2.05, 4.69) is 29.0 Å². The zero-order chi connectivity index (χ0) is 26.1. The quantitative estimate of drug-likeness (QED) is 0.455. The molecule has 0 bridgehead atoms. The number of hydrogen-bond acceptors (Lipinski definition) is 7. The third-order valence-electron chi connectivity index (χ3n) is 5.96. The Labute approximate surface area is 208 Å². The monoisotopic (exact) mass is 485 g/mol. The fourth-order valence-corrected chi connectivity index (χ4v) is 4.29. The van der Waals surface area contributed by atoms with Crippen LogP contribution in [0, 0.1) is 0 Å². The molecule has 9 heteroatoms. The summed E-state index contributed by atoms with van der Waals surface area (Å²) in [5.74, 6) is 0.509. The summed E-state index contributed by atoms with van der Waals surface area (Å²) in [6, 6.07) is 4.54. The predicted octanol–water partition coefficient (Wildman–Crippen LogP) is 5.48. The molecule has 0 spiro atoms. The van der Waals surface area contributed by atoms with Crippen molar-refractivity contribution in [2.75, 3.05) is 28.8 Å². The van der Waals surface area contributed by atoms with Crippen LogP contribution in [0.25, 0.3) is 0 Å². The van der Waals surface area contributed by atoms with Gasteiger partial charge in [-0.25, -0.2) is 9.78 Å². The molecule has 2 N–H and O–H groups in total. The van der Waals surface area contributed by atoms with Crippen LogP contribution in [0.1, 0.15) is 77.6 Å². The molecule has 3 rings (SSSR count). The van der Waals surface area contributed by atoms with Crippen molar-refractivity contribution in [1.82, 2.24) is 9.97 Å². The van der Waals surface area contributed by atoms with E-state index in [1.807, 2.05) is 27.7 Å². The van der Waals surface area contributed by atoms with Crippen LogP contribution >= 0.6 is 0 Å². The number of rotatable bonds is 10. The molecular weight excluding hydrogens is 446 g/mol. The molecule has 192 valence electrons. The van der Waals surface area contributed by atoms with Gasteiger partial charge in [0.15, 0.2) is 5.82 Å². The summed E-state index contributed by atoms with van der Waals surface area (Å²) in [7, 11) is 1.76. The van der Waals surface area contributed by atoms with E-state index in [1.165, 1.54) is 12.1 Å². The van der Waals surface area contributed by atoms with Gasteiger partial charge in [-0.1, -0.05) is 41.0 Å². The first-order valence-corrected chi connectivity index (χ1v) is 12.6. The Kier molecular flexibility index (Phi) is 10.3. The van der Waals surface area contributed by atoms with Crippen LogP contribution in [0.5, 0.6) is 5.75 Å². The second-order valence-electron chi connectivity index (χ2n) is 8.06. The van der Waals surface area contributed by atoms with Gasteiger partial charge in [0.1, 0.15) is 17.5 Å². The minimum Gasteiger partial charge on any atom is -0.492 e. The zero-order valence-electron chi connectivity index (χ0n) is 22.0. The highest BCUT2D eigenvalue weighted by Crippen LogP contribution is 2.38. The second kappa shape index (κ2) is 12.9. The second-order valence-corrected chi connectivity index (χ2v) is 8.06. The third kappa shape index (κ3) is 6.01. The molecule has 2 heterocycles. The van der Waals surface area contributed by atoms with Crippen molar-refractivity contribution in [3.05, 3.63) is 30.0 Å². The number of nitrogens with zero attached hydrogens (tertiary/aromatic N) is 4. The Morgan fingerprint density at radius 2 is 1.94 bits per heavy atom. The van der Waals surface area contributed by atoms with E-state index >= 15 is 0 Å². The number of anilines is 4. The molecule has 0 fully saturated rings. The minimum absolute atomic E-state index is 0.0479. The lowest BCUT2D eigenvalue weighted by Gasteiger charge is -2.44. The van der Waals surface area contributed by atoms with Crippen molar-refractivity contribution in [2.45, 2.75) is 79.3 Å². The lowest BCUT2D eigenvalue weighted by atomic mass is 10.00. The fourth-order valence-electron chi connectivity index (χ4n) is 4.29. The van der Waals surface area contributed by atoms with E-state index < -0.39 is 5.97 Å². The molecule has 9 nitrogen and oxygen atoms in total. The number of aromatic carboxylic acids is 1. The minimum atomic E-state index is -1.02. The maximum atomic E-state index is 13.1. The molecule has 2 atom stereocenters. The zero-order valence-corrected chi connectivity index (χ0v) is 22.0. The number of fused-ring (bicyclic) bond motifs is 1. The number of carboxylic acids is 1. The van der Waals surface area contributed by atoms with Crippen molar-refractivity contribution >= 4 is 35.0 Å². The van der Waals surface area contributed by atoms with Gasteiger partial charge in [0, 0.05) is 13.1 Å². The lowest BCUT2D eigenvalue weighted by molar-refractivity contribution is -0.120. The first-order chi connectivity index (χ1) is 16.9. The molecule has 1 aliphatic rings. The summed E-state index contributed by atoms with van der Waals surface area (Å²) in [5, 5.41) is 12.5. The molecule has 35 heavy (non-hydrogen) atoms. The smallest absolute Gasteiger partial charge is 0.335 e. The number of benzene rings is 1. The van der Waals surface area contributed by atoms with Crippen LogP contribution in [0.15, 0.2) is 24.4 Å². The lowest BCUT2D eigenvalue weighted by Crippen LogP contribution is -2.56. The number of aromatic nitrogens is 2. The number of amides is 1. The highest BCUT2D eigenvalue weighted by atomic mass is 16.5. The van der Waals surface area contributed by atoms with Crippen molar-refractivity contribution in [3.63, 3.8) is 0 Å². The number of ether oxygens (including phenoxy) is 1. The highest BCUT2D eigenvalue weighted by molar-refractivity contribution is 6.04. The van der Waals surface area contributed by atoms with Crippen LogP contribution in [-0.2, 0) is 4.79 Å². The summed E-state index contributed by atoms with van der Waals surface area (Å²) in [4.78, 5) is 37.5. The van der Waals surface area contributed by atoms with Crippen LogP contribution in [0.2, 0.25) is 0 Å². The Bertz CT molecular complexity index is 1010. The number of carbonyl (C=O) groups excluding carboxylic acids is 1. The van der Waals surface area contributed by atoms with Gasteiger partial charge in [-0.15, -0.1) is 0 Å². The number of carboxylic acid groups (broad SMARTS) is 1. The standard InChI is InChI=1S/C24H33N5O4.C2H6/c1-6-10-16(7-2)29-18(8-3)22(30)28(5)19-14-25-24(27-21(19)29)26-17-12-11-15(23(31)32)13-20(17)33-9-4;1-2/h11-14,16,18H,6-10H2,1-5H3,(H,31,32)(H,25,26,27);1-2H3. The van der Waals surface area contributed by atoms with Gasteiger partial charge in [0.25, 0.3) is 0 Å². The average molecular weight is 486 g/mol. The van der Waals surface area contributed by atoms with Crippen molar-refractivity contribution < 1.29 is 19.4 Å². The van der Waals surface area contributed by atoms with E-state index in [0.717, 1.165) is 25.1 Å². The van der Waals surface area contributed by atoms with E-state index in [0.29, 0.717) is 36.1 Å². The molecule has 0 saturated carbocycles. The van der Waals surface area contributed by atoms with Gasteiger partial charge < -0.3 is 25.0 Å². The molecule has 0 saturated heterocycles. The van der Waals surface area contributed by atoms with Crippen molar-refractivity contribution in [2.24, 2.45) is 0 Å². The molecule has 2 unspecified atom stereocenters. The van der Waals surface area contributed by atoms with Gasteiger partial charge in [-0.2, -0.15) is 4.98 Å². The van der Waals surface area contributed by atoms with E-state index in [-0.39, 0.29) is 23.6 Å². The Balaban J connectivity index is 0.00000210. The van der Waals surface area contributed by atoms with Crippen LogP contribution in [-0.4, -0.2) is 52.7 Å². The van der Waals surface area contributed by atoms with Gasteiger partial charge >= 0.3 is 5.97 Å². The molecule has 1 aliphatic heterocycles. The first-order valence-electron chi connectivity index (χ1n) is 12.6. The highest BCUT2D eigenvalue weighted by Gasteiger charge is 2.39. The van der Waals surface area contributed by atoms with Gasteiger partial charge in [-0.3, -0.25) is 4.79 Å². The molecule has 1 aromatic carbocycles. The van der Waals surface area contributed by atoms with Crippen LogP contribution < -0.4 is 19.9 Å².